The molecule has 0 saturated carbocycles. The molecule has 0 aliphatic carbocycles. The van der Waals surface area contributed by atoms with Gasteiger partial charge < -0.3 is 29.7 Å². The molecule has 13 heteroatoms. The molecule has 314 valence electrons. The number of likely N-dealkylation sites (tertiary alicyclic amines) is 1. The van der Waals surface area contributed by atoms with Crippen LogP contribution >= 0.6 is 11.3 Å². The van der Waals surface area contributed by atoms with E-state index in [4.69, 9.17) is 9.47 Å². The Morgan fingerprint density at radius 3 is 2.16 bits per heavy atom. The lowest BCUT2D eigenvalue weighted by Gasteiger charge is -2.41. The van der Waals surface area contributed by atoms with Crippen molar-refractivity contribution in [3.63, 3.8) is 0 Å². The molecule has 0 bridgehead atoms. The molecule has 56 heavy (non-hydrogen) atoms. The van der Waals surface area contributed by atoms with E-state index in [1.807, 2.05) is 76.0 Å². The summed E-state index contributed by atoms with van der Waals surface area (Å²) in [6, 6.07) is 5.50. The van der Waals surface area contributed by atoms with E-state index >= 15 is 0 Å². The van der Waals surface area contributed by atoms with Crippen LogP contribution in [0.1, 0.15) is 97.2 Å². The number of nitrogens with zero attached hydrogens (tertiary/aromatic N) is 4. The maximum Gasteiger partial charge on any atom is 0.226 e. The van der Waals surface area contributed by atoms with Crippen molar-refractivity contribution in [2.24, 2.45) is 29.6 Å². The van der Waals surface area contributed by atoms with Crippen molar-refractivity contribution in [3.8, 4) is 5.75 Å². The van der Waals surface area contributed by atoms with Crippen molar-refractivity contribution < 1.29 is 33.8 Å². The van der Waals surface area contributed by atoms with E-state index in [9.17, 15) is 24.3 Å². The molecule has 1 aliphatic heterocycles. The molecule has 1 fully saturated rings. The lowest BCUT2D eigenvalue weighted by atomic mass is 9.83. The molecule has 9 atom stereocenters. The highest BCUT2D eigenvalue weighted by Crippen LogP contribution is 2.32. The molecule has 0 spiro atoms. The lowest BCUT2D eigenvalue weighted by Crippen LogP contribution is -2.54. The molecular formula is C43H69N5O7S. The number of methoxy groups -OCH3 is 2. The van der Waals surface area contributed by atoms with Gasteiger partial charge >= 0.3 is 0 Å². The summed E-state index contributed by atoms with van der Waals surface area (Å²) >= 11 is 1.46. The molecule has 3 amide bonds. The van der Waals surface area contributed by atoms with Gasteiger partial charge in [0.05, 0.1) is 48.7 Å². The number of nitrogens with one attached hydrogen (secondary N) is 1. The first-order valence-electron chi connectivity index (χ1n) is 20.3. The first-order valence-corrected chi connectivity index (χ1v) is 21.1. The van der Waals surface area contributed by atoms with Gasteiger partial charge in [-0.15, -0.1) is 11.3 Å². The molecule has 0 radical (unpaired) electrons. The number of aromatic hydroxyl groups is 1. The average Bonchev–Trinajstić information content (AvgIpc) is 3.87. The normalized spacial score (nSPS) is 19.0. The van der Waals surface area contributed by atoms with E-state index in [1.165, 1.54) is 11.3 Å². The lowest BCUT2D eigenvalue weighted by molar-refractivity contribution is -0.149. The summed E-state index contributed by atoms with van der Waals surface area (Å²) in [5, 5.41) is 15.6. The van der Waals surface area contributed by atoms with Crippen molar-refractivity contribution in [1.82, 2.24) is 25.0 Å². The number of ether oxygens (including phenoxy) is 2. The Balaban J connectivity index is 1.79. The van der Waals surface area contributed by atoms with E-state index in [0.717, 1.165) is 23.4 Å². The number of ketones is 1. The predicted octanol–water partition coefficient (Wildman–Crippen LogP) is 5.99. The number of aromatic nitrogens is 1. The van der Waals surface area contributed by atoms with Crippen LogP contribution in [0.4, 0.5) is 0 Å². The molecule has 0 unspecified atom stereocenters. The third-order valence-electron chi connectivity index (χ3n) is 11.8. The summed E-state index contributed by atoms with van der Waals surface area (Å²) in [6.45, 7) is 14.5. The van der Waals surface area contributed by atoms with E-state index in [1.54, 1.807) is 44.5 Å². The van der Waals surface area contributed by atoms with Crippen LogP contribution in [0.25, 0.3) is 0 Å². The fraction of sp³-hybridized carbons (Fsp3) is 0.698. The number of thiazole rings is 1. The molecule has 2 aromatic rings. The minimum Gasteiger partial charge on any atom is -0.508 e. The number of rotatable bonds is 22. The van der Waals surface area contributed by atoms with Crippen molar-refractivity contribution in [1.29, 1.82) is 0 Å². The fourth-order valence-electron chi connectivity index (χ4n) is 8.55. The number of carbonyl (C=O) groups is 4. The van der Waals surface area contributed by atoms with Crippen LogP contribution in [0, 0.1) is 29.6 Å². The molecular weight excluding hydrogens is 731 g/mol. The van der Waals surface area contributed by atoms with Crippen LogP contribution in [0.5, 0.6) is 5.75 Å². The number of phenolic OH excluding ortho intramolecular Hbond substituents is 1. The summed E-state index contributed by atoms with van der Waals surface area (Å²) < 4.78 is 12.1. The van der Waals surface area contributed by atoms with Gasteiger partial charge in [-0.25, -0.2) is 4.98 Å². The number of hydrogen-bond acceptors (Lipinski definition) is 10. The fourth-order valence-corrected chi connectivity index (χ4v) is 9.24. The maximum absolute atomic E-state index is 14.3. The van der Waals surface area contributed by atoms with Gasteiger partial charge in [-0.1, -0.05) is 67.0 Å². The second-order valence-corrected chi connectivity index (χ2v) is 17.5. The van der Waals surface area contributed by atoms with Gasteiger partial charge in [0, 0.05) is 51.7 Å². The molecule has 2 N–H and O–H groups in total. The van der Waals surface area contributed by atoms with Crippen LogP contribution in [0.3, 0.4) is 0 Å². The summed E-state index contributed by atoms with van der Waals surface area (Å²) in [5.74, 6) is -1.26. The smallest absolute Gasteiger partial charge is 0.226 e. The summed E-state index contributed by atoms with van der Waals surface area (Å²) in [5.41, 5.74) is 0.944. The quantitative estimate of drug-likeness (QED) is 0.147. The number of phenols is 1. The van der Waals surface area contributed by atoms with Crippen LogP contribution in [0.15, 0.2) is 35.8 Å². The van der Waals surface area contributed by atoms with Gasteiger partial charge in [-0.2, -0.15) is 0 Å². The zero-order valence-electron chi connectivity index (χ0n) is 35.9. The summed E-state index contributed by atoms with van der Waals surface area (Å²) in [7, 11) is 8.75. The Morgan fingerprint density at radius 1 is 0.982 bits per heavy atom. The van der Waals surface area contributed by atoms with Gasteiger partial charge in [0.15, 0.2) is 5.78 Å². The topological polar surface area (TPSA) is 142 Å². The van der Waals surface area contributed by atoms with Gasteiger partial charge in [-0.3, -0.25) is 24.1 Å². The molecule has 3 rings (SSSR count). The van der Waals surface area contributed by atoms with Gasteiger partial charge in [0.1, 0.15) is 10.8 Å². The number of hydrogen-bond donors (Lipinski definition) is 2. The number of benzene rings is 1. The van der Waals surface area contributed by atoms with Crippen molar-refractivity contribution >= 4 is 34.8 Å². The molecule has 2 heterocycles. The van der Waals surface area contributed by atoms with Crippen LogP contribution in [-0.4, -0.2) is 121 Å². The van der Waals surface area contributed by atoms with Crippen LogP contribution < -0.4 is 5.32 Å². The Labute approximate surface area is 339 Å². The average molecular weight is 800 g/mol. The molecule has 12 nitrogen and oxygen atoms in total. The minimum atomic E-state index is -0.595. The van der Waals surface area contributed by atoms with Crippen molar-refractivity contribution in [3.05, 3.63) is 46.4 Å². The maximum atomic E-state index is 14.3. The second-order valence-electron chi connectivity index (χ2n) is 16.6. The van der Waals surface area contributed by atoms with Crippen molar-refractivity contribution in [2.45, 2.75) is 123 Å². The molecule has 1 saturated heterocycles. The molecule has 1 aliphatic rings. The number of Topliss-reactive ketones (excluding diaryl/α,β-unsaturated/α-hetero) is 1. The standard InChI is InChI=1S/C43H69N5O7S/c1-13-28(6)39(47(10)43(53)32(26(2)3)24-35(50)38(27(4)5)46(8)9)36(54-11)25-37(51)48-21-14-15-34(48)40(55-12)29(7)41(52)45-33(42-44-20-22-56-42)23-30-16-18-31(49)19-17-30/h16-20,22,26-29,32-34,36,38-40,49H,13-15,21,23-25H2,1-12H3,(H,45,52)/t28-,29+,32-,33-,34-,36+,38-,39-,40+/m0/s1. The van der Waals surface area contributed by atoms with E-state index < -0.39 is 30.1 Å². The van der Waals surface area contributed by atoms with Crippen LogP contribution in [0.2, 0.25) is 0 Å². The van der Waals surface area contributed by atoms with Gasteiger partial charge in [0.25, 0.3) is 0 Å². The Hall–Kier alpha value is -3.39. The first-order chi connectivity index (χ1) is 26.5. The summed E-state index contributed by atoms with van der Waals surface area (Å²) in [4.78, 5) is 66.1. The second kappa shape index (κ2) is 21.9. The Bertz CT molecular complexity index is 1530. The number of likely N-dealkylation sites (N-methyl/N-ethyl adjacent to an activating group) is 2. The first kappa shape index (κ1) is 47.0. The van der Waals surface area contributed by atoms with Gasteiger partial charge in [0.2, 0.25) is 17.7 Å². The van der Waals surface area contributed by atoms with E-state index in [0.29, 0.717) is 19.4 Å². The number of carbonyl (C=O) groups excluding carboxylic acids is 4. The van der Waals surface area contributed by atoms with Crippen molar-refractivity contribution in [2.75, 3.05) is 41.9 Å². The highest BCUT2D eigenvalue weighted by atomic mass is 32.1. The third-order valence-corrected chi connectivity index (χ3v) is 12.7. The third kappa shape index (κ3) is 12.1. The highest BCUT2D eigenvalue weighted by Gasteiger charge is 2.43. The predicted molar refractivity (Wildman–Crippen MR) is 221 cm³/mol. The van der Waals surface area contributed by atoms with Crippen LogP contribution in [-0.2, 0) is 35.1 Å². The zero-order chi connectivity index (χ0) is 41.9. The SMILES string of the molecule is CC[C@H](C)[C@@H]([C@@H](CC(=O)N1CCC[C@H]1[C@H](OC)[C@@H](C)C(=O)N[C@@H](Cc1ccc(O)cc1)c1nccs1)OC)N(C)C(=O)[C@@H](CC(=O)[C@H](C(C)C)N(C)C)C(C)C. The minimum absolute atomic E-state index is 0.00701. The zero-order valence-corrected chi connectivity index (χ0v) is 36.7. The molecule has 1 aromatic carbocycles. The Kier molecular flexibility index (Phi) is 18.4. The van der Waals surface area contributed by atoms with E-state index in [2.05, 4.69) is 24.1 Å². The van der Waals surface area contributed by atoms with Gasteiger partial charge in [-0.05, 0) is 68.8 Å². The largest absolute Gasteiger partial charge is 0.508 e. The monoisotopic (exact) mass is 799 g/mol. The van der Waals surface area contributed by atoms with E-state index in [-0.39, 0.29) is 78.0 Å². The highest BCUT2D eigenvalue weighted by molar-refractivity contribution is 7.09. The number of amides is 3. The summed E-state index contributed by atoms with van der Waals surface area (Å²) in [6.07, 6.45) is 3.46. The Morgan fingerprint density at radius 2 is 1.64 bits per heavy atom. The molecule has 1 aromatic heterocycles.